The van der Waals surface area contributed by atoms with E-state index < -0.39 is 0 Å². The van der Waals surface area contributed by atoms with Crippen molar-refractivity contribution in [1.82, 2.24) is 0 Å². The molecule has 0 aliphatic heterocycles. The van der Waals surface area contributed by atoms with E-state index in [0.717, 1.165) is 26.1 Å². The lowest BCUT2D eigenvalue weighted by atomic mass is 10.5. The molecule has 0 saturated carbocycles. The minimum Gasteiger partial charge on any atom is -0.466 e. The van der Waals surface area contributed by atoms with Crippen molar-refractivity contribution >= 4 is 0 Å². The molecule has 66 valence electrons. The van der Waals surface area contributed by atoms with Crippen LogP contribution < -0.4 is 0 Å². The highest BCUT2D eigenvalue weighted by Gasteiger charge is 1.94. The summed E-state index contributed by atoms with van der Waals surface area (Å²) in [5.74, 6) is 0.661. The smallest absolute Gasteiger partial charge is 0.274 e. The lowest BCUT2D eigenvalue weighted by Gasteiger charge is -2.09. The van der Waals surface area contributed by atoms with Crippen LogP contribution >= 0.6 is 0 Å². The maximum atomic E-state index is 5.28. The third kappa shape index (κ3) is 5.77. The molecule has 0 heterocycles. The van der Waals surface area contributed by atoms with Gasteiger partial charge >= 0.3 is 0 Å². The third-order valence-electron chi connectivity index (χ3n) is 1.13. The number of allylic oxidation sites excluding steroid dienone is 1. The van der Waals surface area contributed by atoms with Crippen LogP contribution in [-0.2, 0) is 9.47 Å². The zero-order valence-electron chi connectivity index (χ0n) is 7.72. The average molecular weight is 158 g/mol. The molecule has 0 aliphatic carbocycles. The van der Waals surface area contributed by atoms with Crippen molar-refractivity contribution in [1.29, 1.82) is 0 Å². The van der Waals surface area contributed by atoms with Gasteiger partial charge in [0.05, 0.1) is 13.2 Å². The summed E-state index contributed by atoms with van der Waals surface area (Å²) in [4.78, 5) is 0. The first-order valence-electron chi connectivity index (χ1n) is 4.27. The Balaban J connectivity index is 3.43. The molecule has 0 aromatic rings. The van der Waals surface area contributed by atoms with Gasteiger partial charge in [-0.15, -0.1) is 0 Å². The minimum atomic E-state index is 0.661. The van der Waals surface area contributed by atoms with E-state index >= 15 is 0 Å². The fourth-order valence-electron chi connectivity index (χ4n) is 0.614. The van der Waals surface area contributed by atoms with Gasteiger partial charge in [0.25, 0.3) is 5.95 Å². The Morgan fingerprint density at radius 3 is 1.82 bits per heavy atom. The zero-order valence-corrected chi connectivity index (χ0v) is 7.72. The predicted molar refractivity (Wildman–Crippen MR) is 46.2 cm³/mol. The van der Waals surface area contributed by atoms with E-state index in [9.17, 15) is 0 Å². The molecular formula is C9H18O2. The Hall–Kier alpha value is -0.660. The summed E-state index contributed by atoms with van der Waals surface area (Å²) < 4.78 is 10.6. The van der Waals surface area contributed by atoms with Gasteiger partial charge in [-0.25, -0.2) is 0 Å². The van der Waals surface area contributed by atoms with Gasteiger partial charge in [0, 0.05) is 0 Å². The fourth-order valence-corrected chi connectivity index (χ4v) is 0.614. The summed E-state index contributed by atoms with van der Waals surface area (Å²) in [5.41, 5.74) is 0. The Kier molecular flexibility index (Phi) is 7.00. The summed E-state index contributed by atoms with van der Waals surface area (Å²) in [7, 11) is 0. The summed E-state index contributed by atoms with van der Waals surface area (Å²) in [5, 5.41) is 0. The van der Waals surface area contributed by atoms with Gasteiger partial charge in [0.15, 0.2) is 0 Å². The molecule has 0 aromatic heterocycles. The summed E-state index contributed by atoms with van der Waals surface area (Å²) >= 11 is 0. The van der Waals surface area contributed by atoms with Crippen LogP contribution in [0.15, 0.2) is 12.0 Å². The van der Waals surface area contributed by atoms with Crippen LogP contribution in [0.5, 0.6) is 0 Å². The second-order valence-electron chi connectivity index (χ2n) is 2.30. The molecule has 0 radical (unpaired) electrons. The molecule has 0 atom stereocenters. The van der Waals surface area contributed by atoms with E-state index in [1.165, 1.54) is 0 Å². The van der Waals surface area contributed by atoms with Crippen LogP contribution in [0.2, 0.25) is 0 Å². The maximum Gasteiger partial charge on any atom is 0.274 e. The Morgan fingerprint density at radius 1 is 1.09 bits per heavy atom. The van der Waals surface area contributed by atoms with Crippen molar-refractivity contribution in [3.63, 3.8) is 0 Å². The van der Waals surface area contributed by atoms with Crippen LogP contribution in [-0.4, -0.2) is 13.2 Å². The summed E-state index contributed by atoms with van der Waals surface area (Å²) in [6, 6.07) is 0. The van der Waals surface area contributed by atoms with Gasteiger partial charge in [0.2, 0.25) is 0 Å². The molecule has 0 bridgehead atoms. The predicted octanol–water partition coefficient (Wildman–Crippen LogP) is 2.70. The fraction of sp³-hybridized carbons (Fsp3) is 0.778. The van der Waals surface area contributed by atoms with Crippen molar-refractivity contribution in [3.8, 4) is 0 Å². The highest BCUT2D eigenvalue weighted by molar-refractivity contribution is 4.78. The third-order valence-corrected chi connectivity index (χ3v) is 1.13. The molecule has 2 heteroatoms. The molecule has 2 nitrogen and oxygen atoms in total. The largest absolute Gasteiger partial charge is 0.466 e. The lowest BCUT2D eigenvalue weighted by molar-refractivity contribution is 0.0352. The Morgan fingerprint density at radius 2 is 1.55 bits per heavy atom. The summed E-state index contributed by atoms with van der Waals surface area (Å²) in [6.45, 7) is 7.55. The molecule has 11 heavy (non-hydrogen) atoms. The molecular weight excluding hydrogens is 140 g/mol. The first-order valence-corrected chi connectivity index (χ1v) is 4.27. The van der Waals surface area contributed by atoms with Crippen LogP contribution in [0.25, 0.3) is 0 Å². The van der Waals surface area contributed by atoms with Crippen molar-refractivity contribution in [2.45, 2.75) is 33.6 Å². The quantitative estimate of drug-likeness (QED) is 0.553. The van der Waals surface area contributed by atoms with E-state index in [1.54, 1.807) is 0 Å². The van der Waals surface area contributed by atoms with Gasteiger partial charge in [-0.3, -0.25) is 0 Å². The van der Waals surface area contributed by atoms with Crippen LogP contribution in [0.3, 0.4) is 0 Å². The summed E-state index contributed by atoms with van der Waals surface area (Å²) in [6.07, 6.45) is 3.89. The maximum absolute atomic E-state index is 5.28. The van der Waals surface area contributed by atoms with Gasteiger partial charge in [0.1, 0.15) is 0 Å². The molecule has 0 saturated heterocycles. The minimum absolute atomic E-state index is 0.661. The van der Waals surface area contributed by atoms with E-state index in [0.29, 0.717) is 5.95 Å². The van der Waals surface area contributed by atoms with Crippen molar-refractivity contribution in [2.75, 3.05) is 13.2 Å². The Labute approximate surface area is 69.2 Å². The molecule has 0 N–H and O–H groups in total. The van der Waals surface area contributed by atoms with Crippen LogP contribution in [0.1, 0.15) is 33.6 Å². The molecule has 0 aliphatic rings. The van der Waals surface area contributed by atoms with E-state index in [2.05, 4.69) is 13.8 Å². The van der Waals surface area contributed by atoms with Crippen molar-refractivity contribution in [3.05, 3.63) is 12.0 Å². The van der Waals surface area contributed by atoms with E-state index in [1.807, 2.05) is 13.0 Å². The Bertz CT molecular complexity index is 98.1. The van der Waals surface area contributed by atoms with E-state index in [-0.39, 0.29) is 0 Å². The second kappa shape index (κ2) is 7.45. The first-order chi connectivity index (χ1) is 5.35. The number of hydrogen-bond acceptors (Lipinski definition) is 2. The second-order valence-corrected chi connectivity index (χ2v) is 2.30. The lowest BCUT2D eigenvalue weighted by Crippen LogP contribution is -1.99. The van der Waals surface area contributed by atoms with Gasteiger partial charge in [-0.2, -0.15) is 0 Å². The van der Waals surface area contributed by atoms with E-state index in [4.69, 9.17) is 9.47 Å². The van der Waals surface area contributed by atoms with Gasteiger partial charge < -0.3 is 9.47 Å². The average Bonchev–Trinajstić information content (AvgIpc) is 2.05. The van der Waals surface area contributed by atoms with Crippen LogP contribution in [0, 0.1) is 0 Å². The first kappa shape index (κ1) is 10.3. The topological polar surface area (TPSA) is 18.5 Å². The monoisotopic (exact) mass is 158 g/mol. The molecule has 0 fully saturated rings. The number of ether oxygens (including phenoxy) is 2. The molecule has 0 spiro atoms. The molecule has 0 aromatic carbocycles. The highest BCUT2D eigenvalue weighted by Crippen LogP contribution is 2.00. The zero-order chi connectivity index (χ0) is 8.53. The van der Waals surface area contributed by atoms with Crippen molar-refractivity contribution < 1.29 is 9.47 Å². The normalized spacial score (nSPS) is 9.00. The number of hydrogen-bond donors (Lipinski definition) is 0. The molecule has 0 amide bonds. The standard InChI is InChI=1S/C9H18O2/c1-4-7-10-9(6-3)11-8-5-2/h6H,4-5,7-8H2,1-3H3. The van der Waals surface area contributed by atoms with Gasteiger partial charge in [-0.05, 0) is 25.8 Å². The van der Waals surface area contributed by atoms with Gasteiger partial charge in [-0.1, -0.05) is 13.8 Å². The number of rotatable bonds is 6. The molecule has 0 rings (SSSR count). The SMILES string of the molecule is CC=C(OCCC)OCCC. The highest BCUT2D eigenvalue weighted by atomic mass is 16.7. The molecule has 0 unspecified atom stereocenters. The van der Waals surface area contributed by atoms with Crippen LogP contribution in [0.4, 0.5) is 0 Å². The van der Waals surface area contributed by atoms with Crippen molar-refractivity contribution in [2.24, 2.45) is 0 Å².